The molecule has 348 valence electrons. The Kier molecular flexibility index (Phi) is 38.1. The summed E-state index contributed by atoms with van der Waals surface area (Å²) in [6.45, 7) is 3.72. The first kappa shape index (κ1) is 55.9. The summed E-state index contributed by atoms with van der Waals surface area (Å²) in [6, 6.07) is -0.832. The number of aliphatic hydroxyl groups is 5. The van der Waals surface area contributed by atoms with Gasteiger partial charge in [-0.15, -0.1) is 0 Å². The summed E-state index contributed by atoms with van der Waals surface area (Å²) in [5.41, 5.74) is 0. The fourth-order valence-corrected chi connectivity index (χ4v) is 7.33. The molecule has 6 N–H and O–H groups in total. The van der Waals surface area contributed by atoms with Gasteiger partial charge >= 0.3 is 0 Å². The van der Waals surface area contributed by atoms with Crippen LogP contribution in [0.2, 0.25) is 0 Å². The van der Waals surface area contributed by atoms with Crippen LogP contribution in [-0.2, 0) is 14.3 Å². The van der Waals surface area contributed by atoms with Gasteiger partial charge in [0.15, 0.2) is 6.29 Å². The Morgan fingerprint density at radius 1 is 0.567 bits per heavy atom. The molecule has 0 aromatic rings. The van der Waals surface area contributed by atoms with Gasteiger partial charge in [-0.2, -0.15) is 0 Å². The predicted octanol–water partition coefficient (Wildman–Crippen LogP) is 10.8. The lowest BCUT2D eigenvalue weighted by Gasteiger charge is -2.40. The number of nitrogens with one attached hydrogen (secondary N) is 1. The molecule has 0 spiro atoms. The molecule has 7 unspecified atom stereocenters. The van der Waals surface area contributed by atoms with Crippen molar-refractivity contribution in [3.63, 3.8) is 0 Å². The van der Waals surface area contributed by atoms with E-state index in [9.17, 15) is 30.3 Å². The van der Waals surface area contributed by atoms with Crippen molar-refractivity contribution in [1.29, 1.82) is 0 Å². The van der Waals surface area contributed by atoms with Crippen molar-refractivity contribution in [2.45, 2.75) is 243 Å². The summed E-state index contributed by atoms with van der Waals surface area (Å²) in [4.78, 5) is 13.0. The van der Waals surface area contributed by atoms with Crippen LogP contribution in [0.4, 0.5) is 0 Å². The second-order valence-electron chi connectivity index (χ2n) is 16.9. The minimum absolute atomic E-state index is 0.198. The Labute approximate surface area is 366 Å². The Morgan fingerprint density at radius 3 is 1.53 bits per heavy atom. The Morgan fingerprint density at radius 2 is 1.00 bits per heavy atom. The number of carbonyl (C=O) groups is 1. The number of hydrogen-bond acceptors (Lipinski definition) is 8. The highest BCUT2D eigenvalue weighted by atomic mass is 16.7. The van der Waals surface area contributed by atoms with E-state index in [-0.39, 0.29) is 12.5 Å². The van der Waals surface area contributed by atoms with Crippen LogP contribution >= 0.6 is 0 Å². The normalized spacial score (nSPS) is 21.1. The molecule has 1 aliphatic heterocycles. The Bertz CT molecular complexity index is 1120. The third kappa shape index (κ3) is 30.8. The quantitative estimate of drug-likeness (QED) is 0.0264. The maximum Gasteiger partial charge on any atom is 0.220 e. The lowest BCUT2D eigenvalue weighted by molar-refractivity contribution is -0.302. The van der Waals surface area contributed by atoms with Gasteiger partial charge in [-0.05, 0) is 77.0 Å². The fourth-order valence-electron chi connectivity index (χ4n) is 7.33. The smallest absolute Gasteiger partial charge is 0.220 e. The van der Waals surface area contributed by atoms with Gasteiger partial charge < -0.3 is 40.3 Å². The van der Waals surface area contributed by atoms with E-state index in [4.69, 9.17) is 9.47 Å². The van der Waals surface area contributed by atoms with E-state index in [2.05, 4.69) is 67.8 Å². The zero-order valence-electron chi connectivity index (χ0n) is 38.2. The van der Waals surface area contributed by atoms with Crippen LogP contribution < -0.4 is 5.32 Å². The number of ether oxygens (including phenoxy) is 2. The number of unbranched alkanes of at least 4 members (excludes halogenated alkanes) is 22. The molecule has 1 aliphatic rings. The van der Waals surface area contributed by atoms with Crippen LogP contribution in [0.15, 0.2) is 60.8 Å². The van der Waals surface area contributed by atoms with Crippen LogP contribution in [0.5, 0.6) is 0 Å². The number of carbonyl (C=O) groups excluding carboxylic acids is 1. The van der Waals surface area contributed by atoms with E-state index in [0.29, 0.717) is 6.42 Å². The third-order valence-electron chi connectivity index (χ3n) is 11.3. The SMILES string of the molecule is CCCCC/C=C\C/C=C\CCCCCCCCCCCC(=O)NC(COC1OC(CO)C(O)C(O)C1O)C(O)/C=C/CC/C=C/CC/C=C/CCCCCCCCCC. The molecule has 9 heteroatoms. The van der Waals surface area contributed by atoms with Crippen molar-refractivity contribution in [1.82, 2.24) is 5.32 Å². The van der Waals surface area contributed by atoms with Crippen molar-refractivity contribution >= 4 is 5.91 Å². The van der Waals surface area contributed by atoms with Crippen LogP contribution in [0, 0.1) is 0 Å². The molecule has 0 radical (unpaired) electrons. The third-order valence-corrected chi connectivity index (χ3v) is 11.3. The van der Waals surface area contributed by atoms with Gasteiger partial charge in [0.25, 0.3) is 0 Å². The van der Waals surface area contributed by atoms with Gasteiger partial charge in [0.2, 0.25) is 5.91 Å². The highest BCUT2D eigenvalue weighted by molar-refractivity contribution is 5.76. The molecule has 9 nitrogen and oxygen atoms in total. The minimum atomic E-state index is -1.58. The van der Waals surface area contributed by atoms with E-state index < -0.39 is 49.5 Å². The van der Waals surface area contributed by atoms with Crippen molar-refractivity contribution in [2.75, 3.05) is 13.2 Å². The number of allylic oxidation sites excluding steroid dienone is 9. The molecule has 60 heavy (non-hydrogen) atoms. The summed E-state index contributed by atoms with van der Waals surface area (Å²) in [5.74, 6) is -0.198. The average Bonchev–Trinajstić information content (AvgIpc) is 3.25. The summed E-state index contributed by atoms with van der Waals surface area (Å²) in [5, 5.41) is 54.2. The summed E-state index contributed by atoms with van der Waals surface area (Å²) in [7, 11) is 0. The zero-order chi connectivity index (χ0) is 43.7. The van der Waals surface area contributed by atoms with Gasteiger partial charge in [0.1, 0.15) is 24.4 Å². The molecule has 0 aromatic carbocycles. The van der Waals surface area contributed by atoms with E-state index in [1.54, 1.807) is 6.08 Å². The monoisotopic (exact) mass is 846 g/mol. The van der Waals surface area contributed by atoms with E-state index in [1.165, 1.54) is 109 Å². The highest BCUT2D eigenvalue weighted by Gasteiger charge is 2.44. The molecular weight excluding hydrogens is 755 g/mol. The number of aliphatic hydroxyl groups excluding tert-OH is 5. The van der Waals surface area contributed by atoms with Crippen LogP contribution in [0.1, 0.15) is 200 Å². The van der Waals surface area contributed by atoms with Gasteiger partial charge in [-0.1, -0.05) is 177 Å². The molecule has 0 aromatic heterocycles. The largest absolute Gasteiger partial charge is 0.394 e. The van der Waals surface area contributed by atoms with Crippen molar-refractivity contribution in [3.05, 3.63) is 60.8 Å². The van der Waals surface area contributed by atoms with E-state index in [0.717, 1.165) is 70.6 Å². The van der Waals surface area contributed by atoms with Crippen molar-refractivity contribution in [2.24, 2.45) is 0 Å². The average molecular weight is 846 g/mol. The van der Waals surface area contributed by atoms with E-state index in [1.807, 2.05) is 6.08 Å². The number of amides is 1. The topological polar surface area (TPSA) is 149 Å². The van der Waals surface area contributed by atoms with Gasteiger partial charge in [-0.3, -0.25) is 4.79 Å². The molecule has 1 rings (SSSR count). The van der Waals surface area contributed by atoms with Crippen molar-refractivity contribution < 1.29 is 39.8 Å². The Balaban J connectivity index is 2.37. The zero-order valence-corrected chi connectivity index (χ0v) is 38.2. The first-order chi connectivity index (χ1) is 29.3. The molecule has 0 aliphatic carbocycles. The van der Waals surface area contributed by atoms with Crippen LogP contribution in [-0.4, -0.2) is 87.5 Å². The highest BCUT2D eigenvalue weighted by Crippen LogP contribution is 2.22. The number of hydrogen-bond donors (Lipinski definition) is 6. The lowest BCUT2D eigenvalue weighted by Crippen LogP contribution is -2.60. The van der Waals surface area contributed by atoms with Crippen molar-refractivity contribution in [3.8, 4) is 0 Å². The molecular formula is C51H91NO8. The first-order valence-electron chi connectivity index (χ1n) is 24.5. The standard InChI is InChI=1S/C51H91NO8/c1-3-5-7-9-11-13-15-17-19-21-23-25-27-29-31-33-35-37-39-41-47(55)52-44(43-59-51-50(58)49(57)48(56)46(42-53)60-51)45(54)40-38-36-34-32-30-28-26-24-22-20-18-16-14-12-10-8-6-4-2/h11,13,17,19,22,24,30,32,38,40,44-46,48-51,53-54,56-58H,3-10,12,14-16,18,20-21,23,25-29,31,33-37,39,41-43H2,1-2H3,(H,52,55)/b13-11-,19-17-,24-22+,32-30+,40-38+. The van der Waals surface area contributed by atoms with Gasteiger partial charge in [0, 0.05) is 6.42 Å². The summed E-state index contributed by atoms with van der Waals surface area (Å²) < 4.78 is 11.2. The molecule has 7 atom stereocenters. The predicted molar refractivity (Wildman–Crippen MR) is 249 cm³/mol. The maximum absolute atomic E-state index is 13.0. The Hall–Kier alpha value is -2.11. The van der Waals surface area contributed by atoms with E-state index >= 15 is 0 Å². The fraction of sp³-hybridized carbons (Fsp3) is 0.784. The van der Waals surface area contributed by atoms with Gasteiger partial charge in [-0.25, -0.2) is 0 Å². The lowest BCUT2D eigenvalue weighted by atomic mass is 9.99. The molecule has 1 fully saturated rings. The molecule has 1 amide bonds. The summed E-state index contributed by atoms with van der Waals surface area (Å²) >= 11 is 0. The van der Waals surface area contributed by atoms with Gasteiger partial charge in [0.05, 0.1) is 25.4 Å². The second kappa shape index (κ2) is 40.9. The molecule has 0 saturated carbocycles. The first-order valence-corrected chi connectivity index (χ1v) is 24.5. The molecule has 0 bridgehead atoms. The summed E-state index contributed by atoms with van der Waals surface area (Å²) in [6.07, 6.45) is 46.9. The molecule has 1 saturated heterocycles. The van der Waals surface area contributed by atoms with Crippen LogP contribution in [0.25, 0.3) is 0 Å². The second-order valence-corrected chi connectivity index (χ2v) is 16.9. The minimum Gasteiger partial charge on any atom is -0.394 e. The number of rotatable bonds is 40. The molecule has 1 heterocycles. The van der Waals surface area contributed by atoms with Crippen LogP contribution in [0.3, 0.4) is 0 Å². The maximum atomic E-state index is 13.0.